The Hall–Kier alpha value is -1.42. The van der Waals surface area contributed by atoms with Gasteiger partial charge in [0.05, 0.1) is 0 Å². The van der Waals surface area contributed by atoms with Gasteiger partial charge in [-0.3, -0.25) is 0 Å². The molecule has 0 aromatic carbocycles. The van der Waals surface area contributed by atoms with Crippen LogP contribution in [0.1, 0.15) is 26.6 Å². The third kappa shape index (κ3) is 2.47. The first kappa shape index (κ1) is 12.0. The molecule has 0 radical (unpaired) electrons. The molecule has 0 unspecified atom stereocenters. The lowest BCUT2D eigenvalue weighted by atomic mass is 9.95. The highest BCUT2D eigenvalue weighted by Crippen LogP contribution is 2.24. The van der Waals surface area contributed by atoms with Gasteiger partial charge in [0, 0.05) is 30.9 Å². The Morgan fingerprint density at radius 1 is 1.24 bits per heavy atom. The third-order valence-electron chi connectivity index (χ3n) is 2.42. The van der Waals surface area contributed by atoms with Crippen LogP contribution in [0, 0.1) is 0 Å². The first-order chi connectivity index (χ1) is 7.88. The summed E-state index contributed by atoms with van der Waals surface area (Å²) in [5.74, 6) is 1.52. The van der Waals surface area contributed by atoms with E-state index in [-0.39, 0.29) is 5.41 Å². The van der Waals surface area contributed by atoms with Gasteiger partial charge in [-0.2, -0.15) is 0 Å². The second-order valence-corrected chi connectivity index (χ2v) is 5.40. The fourth-order valence-electron chi connectivity index (χ4n) is 1.48. The Bertz CT molecular complexity index is 540. The van der Waals surface area contributed by atoms with Crippen molar-refractivity contribution in [3.05, 3.63) is 29.4 Å². The predicted molar refractivity (Wildman–Crippen MR) is 67.9 cm³/mol. The minimum atomic E-state index is -0.134. The summed E-state index contributed by atoms with van der Waals surface area (Å²) in [6.45, 7) is 6.17. The van der Waals surface area contributed by atoms with Crippen LogP contribution in [0.15, 0.2) is 18.5 Å². The lowest BCUT2D eigenvalue weighted by Gasteiger charge is -2.17. The summed E-state index contributed by atoms with van der Waals surface area (Å²) < 4.78 is 1.91. The molecule has 5 heteroatoms. The van der Waals surface area contributed by atoms with E-state index in [9.17, 15) is 0 Å². The normalized spacial score (nSPS) is 11.8. The summed E-state index contributed by atoms with van der Waals surface area (Å²) in [6, 6.07) is 1.74. The molecule has 0 aliphatic rings. The first-order valence-electron chi connectivity index (χ1n) is 5.40. The van der Waals surface area contributed by atoms with Crippen LogP contribution in [0.5, 0.6) is 0 Å². The van der Waals surface area contributed by atoms with Crippen LogP contribution in [0.2, 0.25) is 5.15 Å². The molecule has 2 heterocycles. The quantitative estimate of drug-likeness (QED) is 0.731. The molecule has 0 aliphatic carbocycles. The molecule has 0 aliphatic heterocycles. The van der Waals surface area contributed by atoms with Gasteiger partial charge < -0.3 is 4.57 Å². The van der Waals surface area contributed by atoms with Crippen LogP contribution in [-0.4, -0.2) is 19.5 Å². The molecule has 90 valence electrons. The van der Waals surface area contributed by atoms with Crippen LogP contribution in [0.4, 0.5) is 0 Å². The Morgan fingerprint density at radius 3 is 2.47 bits per heavy atom. The fraction of sp³-hybridized carbons (Fsp3) is 0.417. The van der Waals surface area contributed by atoms with E-state index in [0.29, 0.717) is 5.15 Å². The molecule has 4 nitrogen and oxygen atoms in total. The molecule has 0 spiro atoms. The molecular formula is C12H15ClN4. The zero-order valence-electron chi connectivity index (χ0n) is 10.4. The molecule has 0 saturated heterocycles. The number of aromatic nitrogens is 4. The van der Waals surface area contributed by atoms with E-state index in [2.05, 4.69) is 35.7 Å². The molecule has 0 amide bonds. The van der Waals surface area contributed by atoms with Crippen LogP contribution >= 0.6 is 11.6 Å². The summed E-state index contributed by atoms with van der Waals surface area (Å²) in [7, 11) is 1.93. The number of hydrogen-bond donors (Lipinski definition) is 0. The van der Waals surface area contributed by atoms with Gasteiger partial charge in [-0.25, -0.2) is 15.0 Å². The van der Waals surface area contributed by atoms with E-state index in [1.165, 1.54) is 0 Å². The zero-order chi connectivity index (χ0) is 12.6. The van der Waals surface area contributed by atoms with E-state index in [0.717, 1.165) is 17.3 Å². The summed E-state index contributed by atoms with van der Waals surface area (Å²) >= 11 is 6.04. The van der Waals surface area contributed by atoms with Crippen molar-refractivity contribution < 1.29 is 0 Å². The monoisotopic (exact) mass is 250 g/mol. The van der Waals surface area contributed by atoms with Crippen molar-refractivity contribution in [1.82, 2.24) is 19.5 Å². The van der Waals surface area contributed by atoms with Crippen molar-refractivity contribution in [1.29, 1.82) is 0 Å². The van der Waals surface area contributed by atoms with Gasteiger partial charge in [0.15, 0.2) is 5.82 Å². The molecule has 2 aromatic rings. The van der Waals surface area contributed by atoms with Crippen LogP contribution in [-0.2, 0) is 12.5 Å². The van der Waals surface area contributed by atoms with Gasteiger partial charge in [-0.1, -0.05) is 32.4 Å². The van der Waals surface area contributed by atoms with Crippen LogP contribution in [0.25, 0.3) is 11.5 Å². The van der Waals surface area contributed by atoms with Crippen molar-refractivity contribution >= 4 is 11.6 Å². The number of rotatable bonds is 1. The molecule has 17 heavy (non-hydrogen) atoms. The maximum atomic E-state index is 6.04. The maximum absolute atomic E-state index is 6.04. The van der Waals surface area contributed by atoms with E-state index < -0.39 is 0 Å². The Labute approximate surface area is 106 Å². The molecule has 0 N–H and O–H groups in total. The van der Waals surface area contributed by atoms with Crippen molar-refractivity contribution in [2.24, 2.45) is 7.05 Å². The molecule has 0 fully saturated rings. The smallest absolute Gasteiger partial charge is 0.158 e. The Morgan fingerprint density at radius 2 is 1.94 bits per heavy atom. The number of aryl methyl sites for hydroxylation is 1. The second kappa shape index (κ2) is 4.11. The molecular weight excluding hydrogens is 236 g/mol. The van der Waals surface area contributed by atoms with E-state index in [4.69, 9.17) is 11.6 Å². The minimum Gasteiger partial charge on any atom is -0.333 e. The largest absolute Gasteiger partial charge is 0.333 e. The molecule has 2 rings (SSSR count). The highest BCUT2D eigenvalue weighted by Gasteiger charge is 2.20. The summed E-state index contributed by atoms with van der Waals surface area (Å²) in [5, 5.41) is 0.447. The predicted octanol–water partition coefficient (Wildman–Crippen LogP) is 2.83. The number of imidazole rings is 1. The van der Waals surface area contributed by atoms with Gasteiger partial charge in [0.2, 0.25) is 0 Å². The average Bonchev–Trinajstić information content (AvgIpc) is 2.62. The SMILES string of the molecule is Cn1ccnc1-c1cc(Cl)nc(C(C)(C)C)n1. The standard InChI is InChI=1S/C12H15ClN4/c1-12(2,3)11-15-8(7-9(13)16-11)10-14-5-6-17(10)4/h5-7H,1-4H3. The fourth-order valence-corrected chi connectivity index (χ4v) is 1.66. The molecule has 0 atom stereocenters. The van der Waals surface area contributed by atoms with E-state index in [1.54, 1.807) is 12.3 Å². The van der Waals surface area contributed by atoms with E-state index >= 15 is 0 Å². The van der Waals surface area contributed by atoms with Gasteiger partial charge in [0.1, 0.15) is 16.7 Å². The van der Waals surface area contributed by atoms with Crippen LogP contribution < -0.4 is 0 Å². The van der Waals surface area contributed by atoms with Gasteiger partial charge in [-0.05, 0) is 0 Å². The zero-order valence-corrected chi connectivity index (χ0v) is 11.2. The van der Waals surface area contributed by atoms with Gasteiger partial charge >= 0.3 is 0 Å². The first-order valence-corrected chi connectivity index (χ1v) is 5.78. The molecule has 0 bridgehead atoms. The molecule has 2 aromatic heterocycles. The summed E-state index contributed by atoms with van der Waals surface area (Å²) in [6.07, 6.45) is 3.62. The lowest BCUT2D eigenvalue weighted by molar-refractivity contribution is 0.545. The van der Waals surface area contributed by atoms with Crippen LogP contribution in [0.3, 0.4) is 0 Å². The number of nitrogens with zero attached hydrogens (tertiary/aromatic N) is 4. The van der Waals surface area contributed by atoms with Gasteiger partial charge in [-0.15, -0.1) is 0 Å². The van der Waals surface area contributed by atoms with E-state index in [1.807, 2.05) is 17.8 Å². The second-order valence-electron chi connectivity index (χ2n) is 5.01. The molecule has 0 saturated carbocycles. The van der Waals surface area contributed by atoms with Crippen molar-refractivity contribution in [3.63, 3.8) is 0 Å². The topological polar surface area (TPSA) is 43.6 Å². The minimum absolute atomic E-state index is 0.134. The summed E-state index contributed by atoms with van der Waals surface area (Å²) in [4.78, 5) is 13.1. The number of hydrogen-bond acceptors (Lipinski definition) is 3. The summed E-state index contributed by atoms with van der Waals surface area (Å²) in [5.41, 5.74) is 0.618. The van der Waals surface area contributed by atoms with Gasteiger partial charge in [0.25, 0.3) is 0 Å². The van der Waals surface area contributed by atoms with Crippen molar-refractivity contribution in [2.75, 3.05) is 0 Å². The number of halogens is 1. The van der Waals surface area contributed by atoms with Crippen molar-refractivity contribution in [2.45, 2.75) is 26.2 Å². The van der Waals surface area contributed by atoms with Crippen molar-refractivity contribution in [3.8, 4) is 11.5 Å². The highest BCUT2D eigenvalue weighted by atomic mass is 35.5. The maximum Gasteiger partial charge on any atom is 0.158 e. The lowest BCUT2D eigenvalue weighted by Crippen LogP contribution is -2.16. The average molecular weight is 251 g/mol. The highest BCUT2D eigenvalue weighted by molar-refractivity contribution is 6.29. The third-order valence-corrected chi connectivity index (χ3v) is 2.61. The Balaban J connectivity index is 2.57. The Kier molecular flexibility index (Phi) is 2.91.